The molecular weight excluding hydrogens is 124 g/mol. The Bertz CT molecular complexity index is 131. The number of aliphatic hydroxyl groups excluding tert-OH is 1. The molecule has 0 aromatic heterocycles. The number of Topliss-reactive ketones (excluding diaryl/α,β-unsaturated/α-hetero) is 1. The molecule has 0 saturated carbocycles. The summed E-state index contributed by atoms with van der Waals surface area (Å²) in [6.45, 7) is 0.177. The Morgan fingerprint density at radius 3 is 2.22 bits per heavy atom. The highest BCUT2D eigenvalue weighted by atomic mass is 16.3. The smallest absolute Gasteiger partial charge is 0.201 e. The first kappa shape index (κ1) is 8.26. The van der Waals surface area contributed by atoms with Gasteiger partial charge in [-0.05, 0) is 6.92 Å². The van der Waals surface area contributed by atoms with Gasteiger partial charge in [-0.2, -0.15) is 0 Å². The summed E-state index contributed by atoms with van der Waals surface area (Å²) >= 11 is 0. The molecule has 0 aliphatic carbocycles. The first-order valence-electron chi connectivity index (χ1n) is 2.37. The number of carbonyl (C=O) groups is 2. The van der Waals surface area contributed by atoms with Gasteiger partial charge in [0.1, 0.15) is 0 Å². The molecule has 9 heavy (non-hydrogen) atoms. The van der Waals surface area contributed by atoms with E-state index in [0.29, 0.717) is 0 Å². The molecule has 0 rings (SSSR count). The molecule has 0 aromatic carbocycles. The molecule has 4 heteroatoms. The highest BCUT2D eigenvalue weighted by Gasteiger charge is 2.30. The van der Waals surface area contributed by atoms with Crippen LogP contribution in [0, 0.1) is 0 Å². The van der Waals surface area contributed by atoms with Gasteiger partial charge in [0.25, 0.3) is 0 Å². The minimum Gasteiger partial charge on any atom is -0.392 e. The largest absolute Gasteiger partial charge is 0.392 e. The van der Waals surface area contributed by atoms with Crippen LogP contribution in [0.25, 0.3) is 0 Å². The Hall–Kier alpha value is -0.740. The van der Waals surface area contributed by atoms with Gasteiger partial charge < -0.3 is 10.2 Å². The van der Waals surface area contributed by atoms with Gasteiger partial charge in [-0.1, -0.05) is 0 Å². The summed E-state index contributed by atoms with van der Waals surface area (Å²) in [4.78, 5) is 20.2. The lowest BCUT2D eigenvalue weighted by atomic mass is 10.0. The topological polar surface area (TPSA) is 74.6 Å². The molecule has 0 bridgehead atoms. The molecule has 4 nitrogen and oxygen atoms in total. The second kappa shape index (κ2) is 2.70. The first-order chi connectivity index (χ1) is 4.06. The normalized spacial score (nSPS) is 16.3. The molecule has 1 unspecified atom stereocenters. The average molecular weight is 132 g/mol. The van der Waals surface area contributed by atoms with Crippen molar-refractivity contribution in [3.05, 3.63) is 0 Å². The third-order valence-electron chi connectivity index (χ3n) is 1.05. The molecule has 1 atom stereocenters. The van der Waals surface area contributed by atoms with Gasteiger partial charge in [0.05, 0.1) is 6.61 Å². The van der Waals surface area contributed by atoms with E-state index in [2.05, 4.69) is 0 Å². The fraction of sp³-hybridized carbons (Fsp3) is 0.600. The van der Waals surface area contributed by atoms with Crippen LogP contribution >= 0.6 is 0 Å². The summed E-state index contributed by atoms with van der Waals surface area (Å²) in [5.74, 6) is -0.750. The monoisotopic (exact) mass is 132 g/mol. The zero-order chi connectivity index (χ0) is 7.49. The van der Waals surface area contributed by atoms with Crippen LogP contribution in [0.15, 0.2) is 0 Å². The molecule has 0 fully saturated rings. The van der Waals surface area contributed by atoms with E-state index in [1.54, 1.807) is 0 Å². The molecule has 0 amide bonds. The van der Waals surface area contributed by atoms with Gasteiger partial charge in [-0.15, -0.1) is 0 Å². The maximum Gasteiger partial charge on any atom is 0.201 e. The van der Waals surface area contributed by atoms with Crippen molar-refractivity contribution in [3.63, 3.8) is 0 Å². The van der Waals surface area contributed by atoms with E-state index in [-0.39, 0.29) is 6.29 Å². The van der Waals surface area contributed by atoms with Gasteiger partial charge in [0.2, 0.25) is 5.60 Å². The van der Waals surface area contributed by atoms with Crippen LogP contribution in [0.3, 0.4) is 0 Å². The maximum absolute atomic E-state index is 10.3. The lowest BCUT2D eigenvalue weighted by Crippen LogP contribution is -2.42. The highest BCUT2D eigenvalue weighted by molar-refractivity contribution is 5.99. The van der Waals surface area contributed by atoms with Crippen molar-refractivity contribution in [1.82, 2.24) is 0 Å². The van der Waals surface area contributed by atoms with Crippen molar-refractivity contribution in [2.75, 3.05) is 6.61 Å². The summed E-state index contributed by atoms with van der Waals surface area (Å²) in [6.07, 6.45) is 0.0231. The average Bonchev–Trinajstić information content (AvgIpc) is 1.86. The molecule has 2 N–H and O–H groups in total. The predicted molar refractivity (Wildman–Crippen MR) is 28.8 cm³/mol. The van der Waals surface area contributed by atoms with E-state index >= 15 is 0 Å². The van der Waals surface area contributed by atoms with E-state index in [4.69, 9.17) is 10.2 Å². The Morgan fingerprint density at radius 1 is 1.78 bits per heavy atom. The standard InChI is InChI=1S/C5H8O4/c1-4(8)5(9,2-6)3-7/h2,7,9H,3H2,1H3. The van der Waals surface area contributed by atoms with Gasteiger partial charge in [-0.25, -0.2) is 0 Å². The zero-order valence-electron chi connectivity index (χ0n) is 5.00. The van der Waals surface area contributed by atoms with Crippen LogP contribution < -0.4 is 0 Å². The molecular formula is C5H8O4. The number of ketones is 1. The summed E-state index contributed by atoms with van der Waals surface area (Å²) in [5, 5.41) is 17.0. The molecule has 0 radical (unpaired) electrons. The van der Waals surface area contributed by atoms with Crippen LogP contribution in [0.2, 0.25) is 0 Å². The number of rotatable bonds is 3. The third kappa shape index (κ3) is 1.58. The van der Waals surface area contributed by atoms with E-state index in [1.807, 2.05) is 0 Å². The summed E-state index contributed by atoms with van der Waals surface area (Å²) < 4.78 is 0. The van der Waals surface area contributed by atoms with Gasteiger partial charge in [0, 0.05) is 0 Å². The van der Waals surface area contributed by atoms with Gasteiger partial charge >= 0.3 is 0 Å². The second-order valence-corrected chi connectivity index (χ2v) is 1.76. The summed E-state index contributed by atoms with van der Waals surface area (Å²) in [5.41, 5.74) is -2.18. The summed E-state index contributed by atoms with van der Waals surface area (Å²) in [6, 6.07) is 0. The van der Waals surface area contributed by atoms with Crippen LogP contribution in [0.1, 0.15) is 6.92 Å². The number of hydrogen-bond donors (Lipinski definition) is 2. The van der Waals surface area contributed by atoms with Gasteiger partial charge in [0.15, 0.2) is 12.1 Å². The van der Waals surface area contributed by atoms with Crippen molar-refractivity contribution >= 4 is 12.1 Å². The SMILES string of the molecule is CC(=O)C(O)(C=O)CO. The summed E-state index contributed by atoms with van der Waals surface area (Å²) in [7, 11) is 0. The van der Waals surface area contributed by atoms with E-state index < -0.39 is 18.0 Å². The van der Waals surface area contributed by atoms with E-state index in [1.165, 1.54) is 0 Å². The van der Waals surface area contributed by atoms with Crippen molar-refractivity contribution < 1.29 is 19.8 Å². The maximum atomic E-state index is 10.3. The Kier molecular flexibility index (Phi) is 2.48. The van der Waals surface area contributed by atoms with E-state index in [9.17, 15) is 9.59 Å². The Morgan fingerprint density at radius 2 is 2.22 bits per heavy atom. The van der Waals surface area contributed by atoms with Crippen LogP contribution in [-0.2, 0) is 9.59 Å². The predicted octanol–water partition coefficient (Wildman–Crippen LogP) is -1.50. The number of aldehydes is 1. The van der Waals surface area contributed by atoms with Crippen LogP contribution in [0.4, 0.5) is 0 Å². The molecule has 0 aliphatic heterocycles. The Balaban J connectivity index is 4.27. The molecule has 0 aliphatic rings. The second-order valence-electron chi connectivity index (χ2n) is 1.76. The number of hydrogen-bond acceptors (Lipinski definition) is 4. The first-order valence-corrected chi connectivity index (χ1v) is 2.37. The van der Waals surface area contributed by atoms with Crippen LogP contribution in [0.5, 0.6) is 0 Å². The molecule has 0 aromatic rings. The lowest BCUT2D eigenvalue weighted by Gasteiger charge is -2.12. The van der Waals surface area contributed by atoms with Crippen molar-refractivity contribution in [2.45, 2.75) is 12.5 Å². The van der Waals surface area contributed by atoms with Crippen molar-refractivity contribution in [2.24, 2.45) is 0 Å². The number of carbonyl (C=O) groups excluding carboxylic acids is 2. The van der Waals surface area contributed by atoms with Crippen molar-refractivity contribution in [1.29, 1.82) is 0 Å². The zero-order valence-corrected chi connectivity index (χ0v) is 5.00. The molecule has 0 saturated heterocycles. The minimum atomic E-state index is -2.18. The van der Waals surface area contributed by atoms with Crippen LogP contribution in [-0.4, -0.2) is 34.5 Å². The fourth-order valence-electron chi connectivity index (χ4n) is 0.232. The highest BCUT2D eigenvalue weighted by Crippen LogP contribution is 1.98. The lowest BCUT2D eigenvalue weighted by molar-refractivity contribution is -0.146. The van der Waals surface area contributed by atoms with Gasteiger partial charge in [-0.3, -0.25) is 9.59 Å². The third-order valence-corrected chi connectivity index (χ3v) is 1.05. The quantitative estimate of drug-likeness (QED) is 0.362. The molecule has 0 spiro atoms. The number of aliphatic hydroxyl groups is 2. The Labute approximate surface area is 52.1 Å². The molecule has 52 valence electrons. The van der Waals surface area contributed by atoms with E-state index in [0.717, 1.165) is 6.92 Å². The fourth-order valence-corrected chi connectivity index (χ4v) is 0.232. The molecule has 0 heterocycles. The minimum absolute atomic E-state index is 0.0231. The van der Waals surface area contributed by atoms with Crippen molar-refractivity contribution in [3.8, 4) is 0 Å².